The number of amides is 1. The van der Waals surface area contributed by atoms with Gasteiger partial charge in [0.1, 0.15) is 0 Å². The maximum absolute atomic E-state index is 12.2. The summed E-state index contributed by atoms with van der Waals surface area (Å²) in [4.78, 5) is 12.2. The van der Waals surface area contributed by atoms with Crippen molar-refractivity contribution in [3.05, 3.63) is 35.4 Å². The van der Waals surface area contributed by atoms with Crippen LogP contribution >= 0.6 is 0 Å². The molecule has 0 saturated carbocycles. The van der Waals surface area contributed by atoms with Crippen molar-refractivity contribution >= 4 is 11.7 Å². The lowest BCUT2D eigenvalue weighted by Crippen LogP contribution is -2.47. The van der Waals surface area contributed by atoms with Crippen LogP contribution in [0.15, 0.2) is 29.4 Å². The zero-order valence-electron chi connectivity index (χ0n) is 13.0. The minimum Gasteiger partial charge on any atom is -0.409 e. The van der Waals surface area contributed by atoms with Crippen molar-refractivity contribution in [2.24, 2.45) is 10.9 Å². The third-order valence-electron chi connectivity index (χ3n) is 4.16. The van der Waals surface area contributed by atoms with Gasteiger partial charge in [-0.3, -0.25) is 4.79 Å². The molecule has 5 heteroatoms. The van der Waals surface area contributed by atoms with Crippen LogP contribution in [-0.4, -0.2) is 22.5 Å². The van der Waals surface area contributed by atoms with Crippen LogP contribution in [0.5, 0.6) is 0 Å². The fraction of sp³-hybridized carbons (Fsp3) is 0.500. The summed E-state index contributed by atoms with van der Waals surface area (Å²) < 4.78 is 0. The van der Waals surface area contributed by atoms with Gasteiger partial charge in [0, 0.05) is 11.1 Å². The number of nitrogens with two attached hydrogens (primary N) is 1. The predicted molar refractivity (Wildman–Crippen MR) is 84.4 cm³/mol. The second-order valence-electron chi connectivity index (χ2n) is 5.25. The van der Waals surface area contributed by atoms with Crippen LogP contribution in [0.4, 0.5) is 0 Å². The van der Waals surface area contributed by atoms with E-state index >= 15 is 0 Å². The highest BCUT2D eigenvalue weighted by Crippen LogP contribution is 2.19. The molecule has 1 amide bonds. The molecule has 0 atom stereocenters. The second kappa shape index (κ2) is 7.67. The van der Waals surface area contributed by atoms with E-state index in [4.69, 9.17) is 10.9 Å². The Morgan fingerprint density at radius 3 is 2.14 bits per heavy atom. The van der Waals surface area contributed by atoms with Crippen molar-refractivity contribution in [2.75, 3.05) is 0 Å². The number of amidine groups is 1. The normalized spacial score (nSPS) is 12.2. The summed E-state index contributed by atoms with van der Waals surface area (Å²) in [5.74, 6) is 0.0880. The second-order valence-corrected chi connectivity index (χ2v) is 5.25. The van der Waals surface area contributed by atoms with Crippen LogP contribution in [0.2, 0.25) is 0 Å². The van der Waals surface area contributed by atoms with E-state index in [9.17, 15) is 4.79 Å². The predicted octanol–water partition coefficient (Wildman–Crippen LogP) is 2.41. The lowest BCUT2D eigenvalue weighted by atomic mass is 9.89. The molecule has 0 aliphatic heterocycles. The number of hydrogen-bond donors (Lipinski definition) is 3. The molecule has 0 saturated heterocycles. The van der Waals surface area contributed by atoms with Crippen LogP contribution in [0.1, 0.15) is 51.2 Å². The molecule has 0 heterocycles. The maximum atomic E-state index is 12.2. The van der Waals surface area contributed by atoms with E-state index < -0.39 is 0 Å². The van der Waals surface area contributed by atoms with E-state index in [2.05, 4.69) is 31.2 Å². The fourth-order valence-corrected chi connectivity index (χ4v) is 2.39. The molecule has 0 aliphatic carbocycles. The van der Waals surface area contributed by atoms with Crippen LogP contribution in [-0.2, 0) is 11.2 Å². The fourth-order valence-electron chi connectivity index (χ4n) is 2.39. The van der Waals surface area contributed by atoms with Crippen molar-refractivity contribution in [3.8, 4) is 0 Å². The molecule has 4 N–H and O–H groups in total. The number of carbonyl (C=O) groups is 1. The van der Waals surface area contributed by atoms with Gasteiger partial charge in [0.15, 0.2) is 5.84 Å². The molecule has 0 bridgehead atoms. The molecule has 1 aromatic rings. The number of carbonyl (C=O) groups excluding carboxylic acids is 1. The lowest BCUT2D eigenvalue weighted by molar-refractivity contribution is -0.122. The molecular formula is C16H25N3O2. The summed E-state index contributed by atoms with van der Waals surface area (Å²) in [5.41, 5.74) is 6.93. The topological polar surface area (TPSA) is 87.7 Å². The Morgan fingerprint density at radius 1 is 1.19 bits per heavy atom. The molecule has 0 radical (unpaired) electrons. The van der Waals surface area contributed by atoms with E-state index in [0.29, 0.717) is 12.0 Å². The van der Waals surface area contributed by atoms with Crippen molar-refractivity contribution in [1.82, 2.24) is 5.32 Å². The number of nitrogens with zero attached hydrogens (tertiary/aromatic N) is 1. The molecule has 0 aromatic heterocycles. The summed E-state index contributed by atoms with van der Waals surface area (Å²) in [5, 5.41) is 14.7. The van der Waals surface area contributed by atoms with Gasteiger partial charge in [-0.05, 0) is 24.8 Å². The molecule has 0 aliphatic rings. The SMILES string of the molecule is CCC(CC)(CC)NC(=O)Cc1ccc(C(N)=NO)cc1. The minimum atomic E-state index is -0.106. The number of hydrogen-bond acceptors (Lipinski definition) is 3. The zero-order chi connectivity index (χ0) is 15.9. The van der Waals surface area contributed by atoms with Gasteiger partial charge in [0.2, 0.25) is 5.91 Å². The monoisotopic (exact) mass is 291 g/mol. The van der Waals surface area contributed by atoms with Crippen LogP contribution in [0.3, 0.4) is 0 Å². The Bertz CT molecular complexity index is 482. The van der Waals surface area contributed by atoms with Crippen LogP contribution < -0.4 is 11.1 Å². The van der Waals surface area contributed by atoms with Crippen molar-refractivity contribution < 1.29 is 10.0 Å². The summed E-state index contributed by atoms with van der Waals surface area (Å²) in [7, 11) is 0. The molecule has 5 nitrogen and oxygen atoms in total. The number of rotatable bonds is 7. The molecule has 0 spiro atoms. The first-order chi connectivity index (χ1) is 10.00. The zero-order valence-corrected chi connectivity index (χ0v) is 13.0. The maximum Gasteiger partial charge on any atom is 0.224 e. The third-order valence-corrected chi connectivity index (χ3v) is 4.16. The van der Waals surface area contributed by atoms with Gasteiger partial charge in [-0.1, -0.05) is 50.2 Å². The highest BCUT2D eigenvalue weighted by Gasteiger charge is 2.25. The third kappa shape index (κ3) is 4.48. The number of nitrogens with one attached hydrogen (secondary N) is 1. The Balaban J connectivity index is 2.71. The summed E-state index contributed by atoms with van der Waals surface area (Å²) in [6.45, 7) is 6.29. The Kier molecular flexibility index (Phi) is 6.21. The van der Waals surface area contributed by atoms with Gasteiger partial charge in [0.05, 0.1) is 6.42 Å². The van der Waals surface area contributed by atoms with E-state index in [1.54, 1.807) is 12.1 Å². The van der Waals surface area contributed by atoms with Gasteiger partial charge in [-0.25, -0.2) is 0 Å². The number of oxime groups is 1. The first-order valence-corrected chi connectivity index (χ1v) is 7.38. The lowest BCUT2D eigenvalue weighted by Gasteiger charge is -2.31. The van der Waals surface area contributed by atoms with E-state index in [1.165, 1.54) is 0 Å². The molecule has 21 heavy (non-hydrogen) atoms. The highest BCUT2D eigenvalue weighted by molar-refractivity contribution is 5.97. The molecule has 116 valence electrons. The molecule has 0 unspecified atom stereocenters. The highest BCUT2D eigenvalue weighted by atomic mass is 16.4. The van der Waals surface area contributed by atoms with Crippen molar-refractivity contribution in [3.63, 3.8) is 0 Å². The Morgan fingerprint density at radius 2 is 1.71 bits per heavy atom. The van der Waals surface area contributed by atoms with Gasteiger partial charge < -0.3 is 16.3 Å². The Hall–Kier alpha value is -2.04. The average Bonchev–Trinajstić information content (AvgIpc) is 2.52. The number of benzene rings is 1. The van der Waals surface area contributed by atoms with E-state index in [0.717, 1.165) is 24.8 Å². The molecule has 1 aromatic carbocycles. The molecule has 1 rings (SSSR count). The first-order valence-electron chi connectivity index (χ1n) is 7.38. The minimum absolute atomic E-state index is 0.0251. The van der Waals surface area contributed by atoms with Crippen LogP contribution in [0, 0.1) is 0 Å². The Labute approximate surface area is 126 Å². The summed E-state index contributed by atoms with van der Waals surface area (Å²) in [6.07, 6.45) is 3.11. The largest absolute Gasteiger partial charge is 0.409 e. The average molecular weight is 291 g/mol. The van der Waals surface area contributed by atoms with Crippen molar-refractivity contribution in [2.45, 2.75) is 52.0 Å². The first kappa shape index (κ1) is 17.0. The smallest absolute Gasteiger partial charge is 0.224 e. The van der Waals surface area contributed by atoms with Gasteiger partial charge in [-0.15, -0.1) is 0 Å². The van der Waals surface area contributed by atoms with E-state index in [-0.39, 0.29) is 17.3 Å². The molecule has 0 fully saturated rings. The van der Waals surface area contributed by atoms with Gasteiger partial charge in [0.25, 0.3) is 0 Å². The quantitative estimate of drug-likeness (QED) is 0.312. The summed E-state index contributed by atoms with van der Waals surface area (Å²) in [6, 6.07) is 7.12. The van der Waals surface area contributed by atoms with E-state index in [1.807, 2.05) is 12.1 Å². The van der Waals surface area contributed by atoms with Crippen molar-refractivity contribution in [1.29, 1.82) is 0 Å². The summed E-state index contributed by atoms with van der Waals surface area (Å²) >= 11 is 0. The standard InChI is InChI=1S/C16H25N3O2/c1-4-16(5-2,6-3)18-14(20)11-12-7-9-13(10-8-12)15(17)19-21/h7-10,21H,4-6,11H2,1-3H3,(H2,17,19)(H,18,20). The van der Waals surface area contributed by atoms with Gasteiger partial charge in [-0.2, -0.15) is 0 Å². The van der Waals surface area contributed by atoms with Gasteiger partial charge >= 0.3 is 0 Å². The molecular weight excluding hydrogens is 266 g/mol. The van der Waals surface area contributed by atoms with Crippen LogP contribution in [0.25, 0.3) is 0 Å².